The lowest BCUT2D eigenvalue weighted by Gasteiger charge is -2.18. The molecule has 0 aliphatic rings. The highest BCUT2D eigenvalue weighted by Crippen LogP contribution is 2.28. The number of hydrogen-bond donors (Lipinski definition) is 2. The molecule has 0 bridgehead atoms. The molecule has 2 aromatic rings. The lowest BCUT2D eigenvalue weighted by atomic mass is 10.0. The highest BCUT2D eigenvalue weighted by molar-refractivity contribution is 5.84. The minimum Gasteiger partial charge on any atom is -0.490 e. The van der Waals surface area contributed by atoms with E-state index in [0.29, 0.717) is 23.7 Å². The Bertz CT molecular complexity index is 996. The second kappa shape index (κ2) is 14.9. The third kappa shape index (κ3) is 9.75. The van der Waals surface area contributed by atoms with E-state index in [1.807, 2.05) is 37.3 Å². The van der Waals surface area contributed by atoms with Gasteiger partial charge in [0.2, 0.25) is 5.91 Å². The molecule has 0 saturated heterocycles. The lowest BCUT2D eigenvalue weighted by Crippen LogP contribution is -2.33. The maximum absolute atomic E-state index is 12.5. The minimum atomic E-state index is -0.605. The first-order valence-corrected chi connectivity index (χ1v) is 11.3. The van der Waals surface area contributed by atoms with Crippen molar-refractivity contribution in [3.05, 3.63) is 59.7 Å². The molecule has 35 heavy (non-hydrogen) atoms. The van der Waals surface area contributed by atoms with Crippen LogP contribution in [-0.2, 0) is 19.1 Å². The molecule has 0 saturated carbocycles. The first-order valence-electron chi connectivity index (χ1n) is 11.3. The standard InChI is InChI=1S/C25H31N3O7/c1-4-32-22-14-18(12-13-21(22)35-17-24(30)33-5-2)16-26-28-23(29)15-20(27-25(31)34-6-3)19-10-8-7-9-11-19/h7-14,16,20H,4-6,15,17H2,1-3H3,(H,27,31)(H,28,29)/b26-16-/t20-/m1/s1. The molecule has 2 aromatic carbocycles. The zero-order valence-electron chi connectivity index (χ0n) is 20.1. The van der Waals surface area contributed by atoms with Gasteiger partial charge in [0.25, 0.3) is 0 Å². The van der Waals surface area contributed by atoms with Gasteiger partial charge < -0.3 is 24.3 Å². The molecule has 2 N–H and O–H groups in total. The Morgan fingerprint density at radius 2 is 1.66 bits per heavy atom. The molecule has 10 heteroatoms. The normalized spacial score (nSPS) is 11.4. The van der Waals surface area contributed by atoms with Crippen LogP contribution in [0.15, 0.2) is 53.6 Å². The summed E-state index contributed by atoms with van der Waals surface area (Å²) in [5, 5.41) is 6.69. The van der Waals surface area contributed by atoms with Crippen LogP contribution in [-0.4, -0.2) is 50.6 Å². The summed E-state index contributed by atoms with van der Waals surface area (Å²) < 4.78 is 20.8. The van der Waals surface area contributed by atoms with Crippen molar-refractivity contribution in [3.63, 3.8) is 0 Å². The van der Waals surface area contributed by atoms with E-state index in [4.69, 9.17) is 18.9 Å². The molecule has 10 nitrogen and oxygen atoms in total. The summed E-state index contributed by atoms with van der Waals surface area (Å²) in [6.07, 6.45) is 0.808. The summed E-state index contributed by atoms with van der Waals surface area (Å²) >= 11 is 0. The number of alkyl carbamates (subject to hydrolysis) is 1. The second-order valence-corrected chi connectivity index (χ2v) is 7.06. The van der Waals surface area contributed by atoms with Gasteiger partial charge in [-0.2, -0.15) is 5.10 Å². The van der Waals surface area contributed by atoms with Crippen molar-refractivity contribution in [1.29, 1.82) is 0 Å². The summed E-state index contributed by atoms with van der Waals surface area (Å²) in [5.74, 6) is -0.0624. The molecule has 0 heterocycles. The lowest BCUT2D eigenvalue weighted by molar-refractivity contribution is -0.145. The van der Waals surface area contributed by atoms with E-state index in [2.05, 4.69) is 15.8 Å². The number of amides is 2. The van der Waals surface area contributed by atoms with Gasteiger partial charge in [0.1, 0.15) is 0 Å². The molecule has 2 amide bonds. The Balaban J connectivity index is 2.01. The topological polar surface area (TPSA) is 125 Å². The van der Waals surface area contributed by atoms with Gasteiger partial charge in [-0.15, -0.1) is 0 Å². The van der Waals surface area contributed by atoms with E-state index in [1.165, 1.54) is 6.21 Å². The van der Waals surface area contributed by atoms with Gasteiger partial charge in [-0.1, -0.05) is 30.3 Å². The highest BCUT2D eigenvalue weighted by Gasteiger charge is 2.19. The maximum Gasteiger partial charge on any atom is 0.407 e. The van der Waals surface area contributed by atoms with Gasteiger partial charge in [-0.3, -0.25) is 4.79 Å². The molecule has 2 rings (SSSR count). The van der Waals surface area contributed by atoms with Crippen LogP contribution in [0.4, 0.5) is 4.79 Å². The van der Waals surface area contributed by atoms with Crippen LogP contribution in [0.5, 0.6) is 11.5 Å². The van der Waals surface area contributed by atoms with Crippen LogP contribution in [0.1, 0.15) is 44.4 Å². The third-order valence-electron chi connectivity index (χ3n) is 4.48. The number of benzene rings is 2. The van der Waals surface area contributed by atoms with Gasteiger partial charge >= 0.3 is 12.1 Å². The molecule has 0 radical (unpaired) electrons. The average molecular weight is 486 g/mol. The number of esters is 1. The Morgan fingerprint density at radius 3 is 2.34 bits per heavy atom. The van der Waals surface area contributed by atoms with E-state index < -0.39 is 24.0 Å². The molecule has 0 aliphatic carbocycles. The second-order valence-electron chi connectivity index (χ2n) is 7.06. The van der Waals surface area contributed by atoms with Crippen molar-refractivity contribution in [2.24, 2.45) is 5.10 Å². The van der Waals surface area contributed by atoms with Crippen molar-refractivity contribution < 1.29 is 33.3 Å². The monoisotopic (exact) mass is 485 g/mol. The fourth-order valence-corrected chi connectivity index (χ4v) is 2.99. The van der Waals surface area contributed by atoms with E-state index in [-0.39, 0.29) is 26.2 Å². The number of hydrogen-bond acceptors (Lipinski definition) is 8. The zero-order chi connectivity index (χ0) is 25.5. The Labute approximate surface area is 204 Å². The van der Waals surface area contributed by atoms with E-state index in [9.17, 15) is 14.4 Å². The first-order chi connectivity index (χ1) is 17.0. The Kier molecular flexibility index (Phi) is 11.6. The molecule has 0 aromatic heterocycles. The summed E-state index contributed by atoms with van der Waals surface area (Å²) in [6, 6.07) is 13.6. The number of hydrazone groups is 1. The summed E-state index contributed by atoms with van der Waals surface area (Å²) in [6.45, 7) is 5.89. The Morgan fingerprint density at radius 1 is 0.914 bits per heavy atom. The predicted molar refractivity (Wildman–Crippen MR) is 129 cm³/mol. The van der Waals surface area contributed by atoms with Crippen LogP contribution in [0.2, 0.25) is 0 Å². The van der Waals surface area contributed by atoms with Crippen molar-refractivity contribution in [2.45, 2.75) is 33.2 Å². The van der Waals surface area contributed by atoms with Gasteiger partial charge in [0.15, 0.2) is 18.1 Å². The molecular weight excluding hydrogens is 454 g/mol. The fraction of sp³-hybridized carbons (Fsp3) is 0.360. The number of carbonyl (C=O) groups is 3. The van der Waals surface area contributed by atoms with E-state index in [0.717, 1.165) is 5.56 Å². The average Bonchev–Trinajstić information content (AvgIpc) is 2.84. The van der Waals surface area contributed by atoms with Crippen molar-refractivity contribution in [2.75, 3.05) is 26.4 Å². The third-order valence-corrected chi connectivity index (χ3v) is 4.48. The highest BCUT2D eigenvalue weighted by atomic mass is 16.6. The molecule has 188 valence electrons. The van der Waals surface area contributed by atoms with Crippen LogP contribution in [0, 0.1) is 0 Å². The van der Waals surface area contributed by atoms with E-state index in [1.54, 1.807) is 32.0 Å². The molecule has 0 unspecified atom stereocenters. The van der Waals surface area contributed by atoms with Gasteiger partial charge in [0, 0.05) is 0 Å². The largest absolute Gasteiger partial charge is 0.490 e. The quantitative estimate of drug-likeness (QED) is 0.253. The predicted octanol–water partition coefficient (Wildman–Crippen LogP) is 3.35. The maximum atomic E-state index is 12.5. The number of rotatable bonds is 13. The van der Waals surface area contributed by atoms with E-state index >= 15 is 0 Å². The van der Waals surface area contributed by atoms with Crippen LogP contribution in [0.3, 0.4) is 0 Å². The fourth-order valence-electron chi connectivity index (χ4n) is 2.99. The molecule has 0 fully saturated rings. The SMILES string of the molecule is CCOC(=O)COc1ccc(/C=N\NC(=O)C[C@@H](NC(=O)OCC)c2ccccc2)cc1OCC. The summed E-state index contributed by atoms with van der Waals surface area (Å²) in [7, 11) is 0. The van der Waals surface area contributed by atoms with Crippen LogP contribution >= 0.6 is 0 Å². The number of nitrogens with one attached hydrogen (secondary N) is 2. The van der Waals surface area contributed by atoms with Gasteiger partial charge in [0.05, 0.1) is 38.5 Å². The number of carbonyl (C=O) groups excluding carboxylic acids is 3. The Hall–Kier alpha value is -4.08. The van der Waals surface area contributed by atoms with Crippen molar-refractivity contribution in [1.82, 2.24) is 10.7 Å². The summed E-state index contributed by atoms with van der Waals surface area (Å²) in [5.41, 5.74) is 3.87. The number of ether oxygens (including phenoxy) is 4. The van der Waals surface area contributed by atoms with Crippen LogP contribution in [0.25, 0.3) is 0 Å². The van der Waals surface area contributed by atoms with Crippen molar-refractivity contribution in [3.8, 4) is 11.5 Å². The summed E-state index contributed by atoms with van der Waals surface area (Å²) in [4.78, 5) is 35.9. The number of nitrogens with zero attached hydrogens (tertiary/aromatic N) is 1. The van der Waals surface area contributed by atoms with Crippen molar-refractivity contribution >= 4 is 24.2 Å². The molecule has 0 spiro atoms. The molecule has 0 aliphatic heterocycles. The zero-order valence-corrected chi connectivity index (χ0v) is 20.1. The molecular formula is C25H31N3O7. The van der Waals surface area contributed by atoms with Crippen LogP contribution < -0.4 is 20.2 Å². The molecule has 1 atom stereocenters. The van der Waals surface area contributed by atoms with Gasteiger partial charge in [-0.25, -0.2) is 15.0 Å². The van der Waals surface area contributed by atoms with Gasteiger partial charge in [-0.05, 0) is 50.1 Å². The minimum absolute atomic E-state index is 0.0367. The smallest absolute Gasteiger partial charge is 0.407 e. The first kappa shape index (κ1) is 27.2.